The van der Waals surface area contributed by atoms with E-state index in [1.807, 2.05) is 0 Å². The van der Waals surface area contributed by atoms with Crippen LogP contribution in [0.5, 0.6) is 0 Å². The average molecular weight is 310 g/mol. The number of hydrogen-bond acceptors (Lipinski definition) is 8. The van der Waals surface area contributed by atoms with Gasteiger partial charge in [-0.05, 0) is 0 Å². The number of carbonyl (C=O) groups is 1. The van der Waals surface area contributed by atoms with Crippen molar-refractivity contribution >= 4 is 32.4 Å². The molecule has 1 aromatic rings. The van der Waals surface area contributed by atoms with Crippen LogP contribution >= 0.6 is 11.3 Å². The van der Waals surface area contributed by atoms with Crippen LogP contribution in [0.2, 0.25) is 0 Å². The Bertz CT molecular complexity index is 529. The number of methoxy groups -OCH3 is 1. The molecular formula is C8H14N4O5S2. The molecule has 0 saturated heterocycles. The number of aliphatic hydroxyl groups excluding tert-OH is 1. The minimum atomic E-state index is -3.91. The molecule has 0 fully saturated rings. The summed E-state index contributed by atoms with van der Waals surface area (Å²) in [6.07, 6.45) is 0. The van der Waals surface area contributed by atoms with E-state index in [9.17, 15) is 13.2 Å². The van der Waals surface area contributed by atoms with E-state index in [1.54, 1.807) is 0 Å². The Labute approximate surface area is 114 Å². The summed E-state index contributed by atoms with van der Waals surface area (Å²) in [6, 6.07) is -0.775. The van der Waals surface area contributed by atoms with Crippen molar-refractivity contribution in [3.63, 3.8) is 0 Å². The fraction of sp³-hybridized carbons (Fsp3) is 0.625. The molecule has 0 aliphatic heterocycles. The lowest BCUT2D eigenvalue weighted by Gasteiger charge is -2.13. The number of aliphatic hydroxyl groups is 1. The Hall–Kier alpha value is -1.14. The van der Waals surface area contributed by atoms with Crippen molar-refractivity contribution in [3.05, 3.63) is 0 Å². The van der Waals surface area contributed by atoms with Crippen LogP contribution in [0.1, 0.15) is 6.92 Å². The summed E-state index contributed by atoms with van der Waals surface area (Å²) < 4.78 is 30.5. The van der Waals surface area contributed by atoms with Gasteiger partial charge in [0.2, 0.25) is 15.4 Å². The van der Waals surface area contributed by atoms with E-state index in [2.05, 4.69) is 20.2 Å². The second-order valence-corrected chi connectivity index (χ2v) is 6.38. The van der Waals surface area contributed by atoms with Gasteiger partial charge >= 0.3 is 0 Å². The number of ether oxygens (including phenoxy) is 1. The lowest BCUT2D eigenvalue weighted by molar-refractivity contribution is -0.114. The highest BCUT2D eigenvalue weighted by molar-refractivity contribution is 7.91. The van der Waals surface area contributed by atoms with Crippen LogP contribution in [0.3, 0.4) is 0 Å². The molecular weight excluding hydrogens is 296 g/mol. The van der Waals surface area contributed by atoms with Gasteiger partial charge in [0.15, 0.2) is 0 Å². The largest absolute Gasteiger partial charge is 0.395 e. The van der Waals surface area contributed by atoms with E-state index >= 15 is 0 Å². The molecule has 0 radical (unpaired) electrons. The SMILES string of the molecule is COCC(CO)NS(=O)(=O)c1nnc(NC(C)=O)s1. The highest BCUT2D eigenvalue weighted by atomic mass is 32.2. The lowest BCUT2D eigenvalue weighted by atomic mass is 10.4. The maximum atomic E-state index is 11.9. The van der Waals surface area contributed by atoms with Crippen molar-refractivity contribution in [3.8, 4) is 0 Å². The Morgan fingerprint density at radius 2 is 2.21 bits per heavy atom. The van der Waals surface area contributed by atoms with Crippen molar-refractivity contribution in [2.75, 3.05) is 25.6 Å². The van der Waals surface area contributed by atoms with Crippen LogP contribution in [-0.2, 0) is 19.6 Å². The van der Waals surface area contributed by atoms with Gasteiger partial charge in [-0.3, -0.25) is 4.79 Å². The molecule has 9 nitrogen and oxygen atoms in total. The van der Waals surface area contributed by atoms with E-state index in [0.29, 0.717) is 11.3 Å². The van der Waals surface area contributed by atoms with E-state index in [4.69, 9.17) is 9.84 Å². The van der Waals surface area contributed by atoms with E-state index in [1.165, 1.54) is 14.0 Å². The number of amides is 1. The minimum absolute atomic E-state index is 0.0209. The highest BCUT2D eigenvalue weighted by Crippen LogP contribution is 2.19. The quantitative estimate of drug-likeness (QED) is 0.538. The molecule has 0 aromatic carbocycles. The van der Waals surface area contributed by atoms with Crippen LogP contribution in [0.4, 0.5) is 5.13 Å². The molecule has 3 N–H and O–H groups in total. The number of nitrogens with zero attached hydrogens (tertiary/aromatic N) is 2. The zero-order valence-corrected chi connectivity index (χ0v) is 11.9. The average Bonchev–Trinajstić information content (AvgIpc) is 2.76. The van der Waals surface area contributed by atoms with Crippen LogP contribution in [0, 0.1) is 0 Å². The summed E-state index contributed by atoms with van der Waals surface area (Å²) in [5, 5.41) is 18.4. The molecule has 0 aliphatic rings. The summed E-state index contributed by atoms with van der Waals surface area (Å²) in [4.78, 5) is 10.8. The van der Waals surface area contributed by atoms with Crippen molar-refractivity contribution in [2.45, 2.75) is 17.3 Å². The maximum absolute atomic E-state index is 11.9. The van der Waals surface area contributed by atoms with Gasteiger partial charge in [-0.25, -0.2) is 13.1 Å². The Kier molecular flexibility index (Phi) is 5.75. The molecule has 108 valence electrons. The predicted molar refractivity (Wildman–Crippen MR) is 67.3 cm³/mol. The second-order valence-electron chi connectivity index (χ2n) is 3.51. The first kappa shape index (κ1) is 15.9. The van der Waals surface area contributed by atoms with E-state index in [0.717, 1.165) is 0 Å². The fourth-order valence-electron chi connectivity index (χ4n) is 1.11. The third-order valence-electron chi connectivity index (χ3n) is 1.83. The molecule has 0 saturated carbocycles. The lowest BCUT2D eigenvalue weighted by Crippen LogP contribution is -2.40. The van der Waals surface area contributed by atoms with Crippen molar-refractivity contribution < 1.29 is 23.1 Å². The zero-order valence-electron chi connectivity index (χ0n) is 10.3. The first-order valence-electron chi connectivity index (χ1n) is 5.12. The van der Waals surface area contributed by atoms with Crippen LogP contribution in [0.25, 0.3) is 0 Å². The van der Waals surface area contributed by atoms with Gasteiger partial charge in [0.1, 0.15) is 0 Å². The number of nitrogens with one attached hydrogen (secondary N) is 2. The van der Waals surface area contributed by atoms with Crippen LogP contribution < -0.4 is 10.0 Å². The monoisotopic (exact) mass is 310 g/mol. The van der Waals surface area contributed by atoms with Crippen molar-refractivity contribution in [1.82, 2.24) is 14.9 Å². The maximum Gasteiger partial charge on any atom is 0.270 e. The molecule has 1 aromatic heterocycles. The third-order valence-corrected chi connectivity index (χ3v) is 4.56. The van der Waals surface area contributed by atoms with Gasteiger partial charge in [0.05, 0.1) is 19.3 Å². The zero-order chi connectivity index (χ0) is 14.5. The standard InChI is InChI=1S/C8H14N4O5S2/c1-5(14)9-7-10-11-8(18-7)19(15,16)12-6(3-13)4-17-2/h6,12-13H,3-4H2,1-2H3,(H,9,10,14). The number of rotatable bonds is 7. The molecule has 0 aliphatic carbocycles. The molecule has 0 bridgehead atoms. The van der Waals surface area contributed by atoms with Crippen molar-refractivity contribution in [2.24, 2.45) is 0 Å². The number of anilines is 1. The molecule has 0 spiro atoms. The molecule has 1 atom stereocenters. The van der Waals surface area contributed by atoms with Gasteiger partial charge in [-0.15, -0.1) is 10.2 Å². The summed E-state index contributed by atoms with van der Waals surface area (Å²) in [5.74, 6) is -0.374. The Morgan fingerprint density at radius 1 is 1.53 bits per heavy atom. The molecule has 1 rings (SSSR count). The summed E-state index contributed by atoms with van der Waals surface area (Å²) in [5.41, 5.74) is 0. The first-order chi connectivity index (χ1) is 8.89. The summed E-state index contributed by atoms with van der Waals surface area (Å²) in [7, 11) is -2.52. The first-order valence-corrected chi connectivity index (χ1v) is 7.42. The fourth-order valence-corrected chi connectivity index (χ4v) is 3.29. The van der Waals surface area contributed by atoms with Gasteiger partial charge in [0.25, 0.3) is 10.0 Å². The minimum Gasteiger partial charge on any atom is -0.395 e. The Balaban J connectivity index is 2.82. The van der Waals surface area contributed by atoms with Gasteiger partial charge in [0, 0.05) is 14.0 Å². The van der Waals surface area contributed by atoms with E-state index < -0.39 is 22.7 Å². The second kappa shape index (κ2) is 6.86. The predicted octanol–water partition coefficient (Wildman–Crippen LogP) is -1.22. The van der Waals surface area contributed by atoms with Gasteiger partial charge < -0.3 is 15.2 Å². The van der Waals surface area contributed by atoms with Crippen molar-refractivity contribution in [1.29, 1.82) is 0 Å². The number of aromatic nitrogens is 2. The van der Waals surface area contributed by atoms with Crippen LogP contribution in [0.15, 0.2) is 4.34 Å². The highest BCUT2D eigenvalue weighted by Gasteiger charge is 2.24. The third kappa shape index (κ3) is 4.80. The molecule has 1 heterocycles. The Morgan fingerprint density at radius 3 is 2.74 bits per heavy atom. The normalized spacial score (nSPS) is 13.2. The van der Waals surface area contributed by atoms with Crippen LogP contribution in [-0.4, -0.2) is 56.0 Å². The van der Waals surface area contributed by atoms with E-state index in [-0.39, 0.29) is 22.0 Å². The number of sulfonamides is 1. The van der Waals surface area contributed by atoms with Gasteiger partial charge in [-0.2, -0.15) is 0 Å². The topological polar surface area (TPSA) is 131 Å². The summed E-state index contributed by atoms with van der Waals surface area (Å²) in [6.45, 7) is 0.881. The van der Waals surface area contributed by atoms with Gasteiger partial charge in [-0.1, -0.05) is 11.3 Å². The smallest absolute Gasteiger partial charge is 0.270 e. The molecule has 1 unspecified atom stereocenters. The summed E-state index contributed by atoms with van der Waals surface area (Å²) >= 11 is 0.712. The molecule has 1 amide bonds. The molecule has 19 heavy (non-hydrogen) atoms. The molecule has 11 heteroatoms. The number of hydrogen-bond donors (Lipinski definition) is 3. The number of carbonyl (C=O) groups excluding carboxylic acids is 1.